The SMILES string of the molecule is O=C(NC1CCCCC1)c1cc(NC(=S)NC(=O)C23CC4CC(CC(C4)C2)C3)ccc1Cl. The molecule has 2 amide bonds. The van der Waals surface area contributed by atoms with Crippen LogP contribution in [0, 0.1) is 23.2 Å². The van der Waals surface area contributed by atoms with Crippen molar-refractivity contribution >= 4 is 46.4 Å². The molecule has 5 aliphatic carbocycles. The van der Waals surface area contributed by atoms with Gasteiger partial charge in [0.1, 0.15) is 0 Å². The van der Waals surface area contributed by atoms with Gasteiger partial charge in [0, 0.05) is 11.7 Å². The fraction of sp³-hybridized carbons (Fsp3) is 0.640. The minimum atomic E-state index is -0.245. The standard InChI is InChI=1S/C25H32ClN3O2S/c26-21-7-6-19(11-20(21)22(30)27-18-4-2-1-3-5-18)28-24(32)29-23(31)25-12-15-8-16(13-25)10-17(9-15)14-25/h6-7,11,15-18H,1-5,8-10,12-14H2,(H,27,30)(H2,28,29,31,32). The Hall–Kier alpha value is -1.66. The summed E-state index contributed by atoms with van der Waals surface area (Å²) >= 11 is 11.8. The Kier molecular flexibility index (Phi) is 6.19. The van der Waals surface area contributed by atoms with E-state index in [1.54, 1.807) is 18.2 Å². The summed E-state index contributed by atoms with van der Waals surface area (Å²) in [6.45, 7) is 0. The summed E-state index contributed by atoms with van der Waals surface area (Å²) in [4.78, 5) is 26.0. The van der Waals surface area contributed by atoms with Gasteiger partial charge in [-0.25, -0.2) is 0 Å². The molecule has 5 nitrogen and oxygen atoms in total. The average Bonchev–Trinajstić information content (AvgIpc) is 2.74. The summed E-state index contributed by atoms with van der Waals surface area (Å²) in [5, 5.41) is 9.86. The number of hydrogen-bond donors (Lipinski definition) is 3. The lowest BCUT2D eigenvalue weighted by Gasteiger charge is -2.55. The molecule has 32 heavy (non-hydrogen) atoms. The van der Waals surface area contributed by atoms with Gasteiger partial charge in [0.05, 0.1) is 16.0 Å². The molecule has 5 fully saturated rings. The van der Waals surface area contributed by atoms with Gasteiger partial charge in [-0.05, 0) is 99.5 Å². The van der Waals surface area contributed by atoms with Crippen molar-refractivity contribution < 1.29 is 9.59 Å². The number of amides is 2. The van der Waals surface area contributed by atoms with Gasteiger partial charge >= 0.3 is 0 Å². The van der Waals surface area contributed by atoms with E-state index in [0.717, 1.165) is 44.9 Å². The molecule has 4 bridgehead atoms. The maximum Gasteiger partial charge on any atom is 0.253 e. The van der Waals surface area contributed by atoms with E-state index in [-0.39, 0.29) is 28.4 Å². The Labute approximate surface area is 200 Å². The first-order valence-corrected chi connectivity index (χ1v) is 12.9. The Morgan fingerprint density at radius 1 is 0.969 bits per heavy atom. The molecule has 172 valence electrons. The van der Waals surface area contributed by atoms with Crippen LogP contribution in [0.3, 0.4) is 0 Å². The third kappa shape index (κ3) is 4.54. The minimum Gasteiger partial charge on any atom is -0.349 e. The Morgan fingerprint density at radius 2 is 1.59 bits per heavy atom. The normalized spacial score (nSPS) is 31.2. The zero-order valence-corrected chi connectivity index (χ0v) is 20.0. The zero-order valence-electron chi connectivity index (χ0n) is 18.4. The van der Waals surface area contributed by atoms with E-state index < -0.39 is 0 Å². The molecule has 5 saturated carbocycles. The third-order valence-electron chi connectivity index (χ3n) is 8.16. The van der Waals surface area contributed by atoms with Gasteiger partial charge < -0.3 is 16.0 Å². The fourth-order valence-corrected chi connectivity index (χ4v) is 7.49. The molecule has 0 saturated heterocycles. The smallest absolute Gasteiger partial charge is 0.253 e. The number of nitrogens with one attached hydrogen (secondary N) is 3. The molecule has 1 aromatic rings. The van der Waals surface area contributed by atoms with E-state index in [2.05, 4.69) is 16.0 Å². The maximum absolute atomic E-state index is 13.2. The summed E-state index contributed by atoms with van der Waals surface area (Å²) in [7, 11) is 0. The van der Waals surface area contributed by atoms with E-state index >= 15 is 0 Å². The Balaban J connectivity index is 1.21. The van der Waals surface area contributed by atoms with Crippen molar-refractivity contribution in [3.8, 4) is 0 Å². The molecule has 0 aromatic heterocycles. The molecule has 0 heterocycles. The van der Waals surface area contributed by atoms with Crippen LogP contribution in [0.2, 0.25) is 5.02 Å². The number of carbonyl (C=O) groups excluding carboxylic acids is 2. The largest absolute Gasteiger partial charge is 0.349 e. The number of rotatable bonds is 4. The van der Waals surface area contributed by atoms with Crippen LogP contribution in [-0.4, -0.2) is 23.0 Å². The van der Waals surface area contributed by atoms with Crippen molar-refractivity contribution in [2.24, 2.45) is 23.2 Å². The van der Waals surface area contributed by atoms with E-state index in [1.807, 2.05) is 0 Å². The van der Waals surface area contributed by atoms with Gasteiger partial charge in [0.15, 0.2) is 5.11 Å². The lowest BCUT2D eigenvalue weighted by Crippen LogP contribution is -2.55. The highest BCUT2D eigenvalue weighted by atomic mass is 35.5. The van der Waals surface area contributed by atoms with Crippen molar-refractivity contribution in [1.29, 1.82) is 0 Å². The fourth-order valence-electron chi connectivity index (χ4n) is 7.07. The molecule has 0 spiro atoms. The van der Waals surface area contributed by atoms with Crippen LogP contribution in [0.25, 0.3) is 0 Å². The monoisotopic (exact) mass is 473 g/mol. The molecule has 6 rings (SSSR count). The molecule has 7 heteroatoms. The van der Waals surface area contributed by atoms with Crippen molar-refractivity contribution in [3.05, 3.63) is 28.8 Å². The molecular weight excluding hydrogens is 442 g/mol. The highest BCUT2D eigenvalue weighted by molar-refractivity contribution is 7.80. The number of thiocarbonyl (C=S) groups is 1. The van der Waals surface area contributed by atoms with E-state index in [9.17, 15) is 9.59 Å². The first-order chi connectivity index (χ1) is 15.4. The van der Waals surface area contributed by atoms with Gasteiger partial charge in [-0.15, -0.1) is 0 Å². The van der Waals surface area contributed by atoms with Crippen LogP contribution >= 0.6 is 23.8 Å². The van der Waals surface area contributed by atoms with Gasteiger partial charge in [0.25, 0.3) is 5.91 Å². The number of halogens is 1. The Bertz CT molecular complexity index is 892. The molecule has 3 N–H and O–H groups in total. The second-order valence-corrected chi connectivity index (χ2v) is 11.4. The summed E-state index contributed by atoms with van der Waals surface area (Å²) in [5.74, 6) is 2.02. The van der Waals surface area contributed by atoms with Crippen LogP contribution in [-0.2, 0) is 4.79 Å². The summed E-state index contributed by atoms with van der Waals surface area (Å²) < 4.78 is 0. The highest BCUT2D eigenvalue weighted by Crippen LogP contribution is 2.60. The molecule has 0 atom stereocenters. The minimum absolute atomic E-state index is 0.0679. The molecule has 1 aromatic carbocycles. The van der Waals surface area contributed by atoms with Crippen LogP contribution < -0.4 is 16.0 Å². The predicted molar refractivity (Wildman–Crippen MR) is 131 cm³/mol. The predicted octanol–water partition coefficient (Wildman–Crippen LogP) is 5.43. The molecule has 5 aliphatic rings. The van der Waals surface area contributed by atoms with Gasteiger partial charge in [0.2, 0.25) is 5.91 Å². The lowest BCUT2D eigenvalue weighted by atomic mass is 9.49. The third-order valence-corrected chi connectivity index (χ3v) is 8.69. The van der Waals surface area contributed by atoms with Crippen LogP contribution in [0.1, 0.15) is 81.0 Å². The number of benzene rings is 1. The summed E-state index contributed by atoms with van der Waals surface area (Å²) in [6, 6.07) is 5.40. The number of anilines is 1. The topological polar surface area (TPSA) is 70.2 Å². The first kappa shape index (κ1) is 22.1. The van der Waals surface area contributed by atoms with Crippen LogP contribution in [0.5, 0.6) is 0 Å². The Morgan fingerprint density at radius 3 is 2.22 bits per heavy atom. The van der Waals surface area contributed by atoms with Gasteiger partial charge in [-0.1, -0.05) is 30.9 Å². The van der Waals surface area contributed by atoms with Gasteiger partial charge in [-0.2, -0.15) is 0 Å². The second kappa shape index (κ2) is 8.94. The highest BCUT2D eigenvalue weighted by Gasteiger charge is 2.54. The van der Waals surface area contributed by atoms with Crippen molar-refractivity contribution in [3.63, 3.8) is 0 Å². The quantitative estimate of drug-likeness (QED) is 0.510. The molecule has 0 aliphatic heterocycles. The summed E-state index contributed by atoms with van der Waals surface area (Å²) in [6.07, 6.45) is 12.5. The molecular formula is C25H32ClN3O2S. The van der Waals surface area contributed by atoms with Crippen molar-refractivity contribution in [2.45, 2.75) is 76.7 Å². The molecule has 0 unspecified atom stereocenters. The molecule has 0 radical (unpaired) electrons. The van der Waals surface area contributed by atoms with E-state index in [4.69, 9.17) is 23.8 Å². The van der Waals surface area contributed by atoms with E-state index in [1.165, 1.54) is 25.7 Å². The number of carbonyl (C=O) groups is 2. The first-order valence-electron chi connectivity index (χ1n) is 12.1. The van der Waals surface area contributed by atoms with E-state index in [0.29, 0.717) is 34.0 Å². The van der Waals surface area contributed by atoms with Crippen molar-refractivity contribution in [1.82, 2.24) is 10.6 Å². The van der Waals surface area contributed by atoms with Crippen LogP contribution in [0.4, 0.5) is 5.69 Å². The second-order valence-electron chi connectivity index (χ2n) is 10.6. The van der Waals surface area contributed by atoms with Gasteiger partial charge in [-0.3, -0.25) is 9.59 Å². The average molecular weight is 474 g/mol. The lowest BCUT2D eigenvalue weighted by molar-refractivity contribution is -0.144. The maximum atomic E-state index is 13.2. The van der Waals surface area contributed by atoms with Crippen molar-refractivity contribution in [2.75, 3.05) is 5.32 Å². The van der Waals surface area contributed by atoms with Crippen LogP contribution in [0.15, 0.2) is 18.2 Å². The zero-order chi connectivity index (χ0) is 22.3. The number of hydrogen-bond acceptors (Lipinski definition) is 3. The summed E-state index contributed by atoms with van der Waals surface area (Å²) in [5.41, 5.74) is 0.836.